The molecule has 0 aliphatic carbocycles. The molecule has 0 fully saturated rings. The summed E-state index contributed by atoms with van der Waals surface area (Å²) in [6.45, 7) is -0.791. The van der Waals surface area contributed by atoms with Crippen LogP contribution in [0.25, 0.3) is 11.3 Å². The Labute approximate surface area is 216 Å². The third-order valence-corrected chi connectivity index (χ3v) is 5.99. The van der Waals surface area contributed by atoms with Crippen LogP contribution in [0.15, 0.2) is 92.3 Å². The van der Waals surface area contributed by atoms with Gasteiger partial charge in [-0.1, -0.05) is 18.2 Å². The zero-order valence-electron chi connectivity index (χ0n) is 19.9. The molecule has 5 aromatic rings. The fourth-order valence-corrected chi connectivity index (χ4v) is 4.24. The van der Waals surface area contributed by atoms with Crippen molar-refractivity contribution in [3.63, 3.8) is 0 Å². The molecule has 4 aromatic heterocycles. The van der Waals surface area contributed by atoms with Crippen molar-refractivity contribution >= 4 is 5.69 Å². The maximum absolute atomic E-state index is 13.6. The largest absolute Gasteiger partial charge is 0.472 e. The van der Waals surface area contributed by atoms with Crippen molar-refractivity contribution in [2.45, 2.75) is 25.8 Å². The van der Waals surface area contributed by atoms with E-state index in [9.17, 15) is 32.9 Å². The second kappa shape index (κ2) is 9.96. The van der Waals surface area contributed by atoms with Gasteiger partial charge in [0.05, 0.1) is 61.4 Å². The standard InChI is InChI=1S/C25H18F3N5O6/c26-25(27,28)20-4-2-1-3-18(20)12-30-13-19(9-29-30)21-22(33(36)37)23(34)32(11-17-6-8-39-15-17)24(35)31(21)10-16-5-7-38-14-16/h1-9,13-15H,10-12H2. The molecule has 0 bridgehead atoms. The van der Waals surface area contributed by atoms with Gasteiger partial charge in [-0.2, -0.15) is 18.3 Å². The molecule has 0 aliphatic heterocycles. The molecule has 0 atom stereocenters. The summed E-state index contributed by atoms with van der Waals surface area (Å²) in [7, 11) is 0. The van der Waals surface area contributed by atoms with Crippen LogP contribution in [0.5, 0.6) is 0 Å². The summed E-state index contributed by atoms with van der Waals surface area (Å²) in [5.74, 6) is 0. The van der Waals surface area contributed by atoms with Crippen molar-refractivity contribution in [1.29, 1.82) is 0 Å². The van der Waals surface area contributed by atoms with E-state index in [1.54, 1.807) is 6.07 Å². The highest BCUT2D eigenvalue weighted by molar-refractivity contribution is 5.68. The van der Waals surface area contributed by atoms with E-state index in [4.69, 9.17) is 8.83 Å². The third-order valence-electron chi connectivity index (χ3n) is 5.99. The van der Waals surface area contributed by atoms with E-state index in [0.717, 1.165) is 26.1 Å². The van der Waals surface area contributed by atoms with Gasteiger partial charge in [0.2, 0.25) is 0 Å². The summed E-state index contributed by atoms with van der Waals surface area (Å²) < 4.78 is 53.3. The first-order valence-electron chi connectivity index (χ1n) is 11.4. The number of nitro groups is 1. The molecule has 200 valence electrons. The van der Waals surface area contributed by atoms with Gasteiger partial charge >= 0.3 is 23.1 Å². The van der Waals surface area contributed by atoms with Gasteiger partial charge in [0, 0.05) is 22.9 Å². The van der Waals surface area contributed by atoms with Gasteiger partial charge in [0.1, 0.15) is 5.69 Å². The number of nitrogens with zero attached hydrogens (tertiary/aromatic N) is 5. The normalized spacial score (nSPS) is 11.7. The van der Waals surface area contributed by atoms with Crippen molar-refractivity contribution in [3.8, 4) is 11.3 Å². The molecule has 0 saturated carbocycles. The minimum Gasteiger partial charge on any atom is -0.472 e. The Morgan fingerprint density at radius 2 is 1.56 bits per heavy atom. The van der Waals surface area contributed by atoms with Crippen LogP contribution in [0.3, 0.4) is 0 Å². The molecule has 0 aliphatic rings. The van der Waals surface area contributed by atoms with Crippen molar-refractivity contribution < 1.29 is 26.9 Å². The molecule has 4 heterocycles. The predicted octanol–water partition coefficient (Wildman–Crippen LogP) is 4.13. The van der Waals surface area contributed by atoms with Gasteiger partial charge in [0.15, 0.2) is 0 Å². The number of halogens is 3. The first kappa shape index (κ1) is 25.5. The maximum Gasteiger partial charge on any atom is 0.416 e. The second-order valence-electron chi connectivity index (χ2n) is 8.56. The van der Waals surface area contributed by atoms with Crippen LogP contribution in [0.2, 0.25) is 0 Å². The van der Waals surface area contributed by atoms with Crippen LogP contribution in [-0.4, -0.2) is 23.8 Å². The molecule has 11 nitrogen and oxygen atoms in total. The highest BCUT2D eigenvalue weighted by atomic mass is 19.4. The smallest absolute Gasteiger partial charge is 0.416 e. The number of hydrogen-bond acceptors (Lipinski definition) is 7. The minimum atomic E-state index is -4.60. The SMILES string of the molecule is O=c1c([N+](=O)[O-])c(-c2cnn(Cc3ccccc3C(F)(F)F)c2)n(Cc2ccoc2)c(=O)n1Cc1ccoc1. The Hall–Kier alpha value is -5.14. The van der Waals surface area contributed by atoms with Gasteiger partial charge in [0.25, 0.3) is 0 Å². The van der Waals surface area contributed by atoms with Crippen LogP contribution in [-0.2, 0) is 25.8 Å². The number of benzene rings is 1. The Morgan fingerprint density at radius 3 is 2.15 bits per heavy atom. The summed E-state index contributed by atoms with van der Waals surface area (Å²) in [6.07, 6.45) is 3.13. The Kier molecular flexibility index (Phi) is 6.52. The van der Waals surface area contributed by atoms with E-state index in [2.05, 4.69) is 5.10 Å². The fourth-order valence-electron chi connectivity index (χ4n) is 4.24. The van der Waals surface area contributed by atoms with Crippen molar-refractivity contribution in [2.24, 2.45) is 0 Å². The topological polar surface area (TPSA) is 131 Å². The Balaban J connectivity index is 1.66. The van der Waals surface area contributed by atoms with Crippen molar-refractivity contribution in [2.75, 3.05) is 0 Å². The van der Waals surface area contributed by atoms with E-state index in [0.29, 0.717) is 11.1 Å². The quantitative estimate of drug-likeness (QED) is 0.213. The van der Waals surface area contributed by atoms with Gasteiger partial charge in [-0.25, -0.2) is 9.36 Å². The zero-order chi connectivity index (χ0) is 27.7. The maximum atomic E-state index is 13.6. The zero-order valence-corrected chi connectivity index (χ0v) is 19.9. The first-order chi connectivity index (χ1) is 18.6. The Bertz CT molecular complexity index is 1750. The molecule has 39 heavy (non-hydrogen) atoms. The van der Waals surface area contributed by atoms with Crippen LogP contribution in [0, 0.1) is 10.1 Å². The molecule has 5 rings (SSSR count). The van der Waals surface area contributed by atoms with Crippen LogP contribution >= 0.6 is 0 Å². The molecule has 0 radical (unpaired) electrons. The molecule has 0 amide bonds. The van der Waals surface area contributed by atoms with Crippen LogP contribution in [0.4, 0.5) is 18.9 Å². The van der Waals surface area contributed by atoms with Crippen LogP contribution in [0.1, 0.15) is 22.3 Å². The number of furan rings is 2. The molecule has 0 spiro atoms. The monoisotopic (exact) mass is 541 g/mol. The van der Waals surface area contributed by atoms with E-state index in [-0.39, 0.29) is 36.5 Å². The summed E-state index contributed by atoms with van der Waals surface area (Å²) >= 11 is 0. The number of rotatable bonds is 8. The second-order valence-corrected chi connectivity index (χ2v) is 8.56. The molecule has 1 aromatic carbocycles. The van der Waals surface area contributed by atoms with Crippen molar-refractivity contribution in [1.82, 2.24) is 18.9 Å². The minimum absolute atomic E-state index is 0.000606. The average Bonchev–Trinajstić information content (AvgIpc) is 3.66. The summed E-state index contributed by atoms with van der Waals surface area (Å²) in [4.78, 5) is 38.1. The van der Waals surface area contributed by atoms with E-state index in [1.165, 1.54) is 55.5 Å². The van der Waals surface area contributed by atoms with Gasteiger partial charge in [-0.15, -0.1) is 0 Å². The lowest BCUT2D eigenvalue weighted by Crippen LogP contribution is -2.42. The first-order valence-corrected chi connectivity index (χ1v) is 11.4. The van der Waals surface area contributed by atoms with Gasteiger partial charge < -0.3 is 8.83 Å². The van der Waals surface area contributed by atoms with E-state index < -0.39 is 33.6 Å². The molecule has 0 unspecified atom stereocenters. The van der Waals surface area contributed by atoms with Crippen molar-refractivity contribution in [3.05, 3.63) is 127 Å². The summed E-state index contributed by atoms with van der Waals surface area (Å²) in [6, 6.07) is 7.99. The van der Waals surface area contributed by atoms with E-state index >= 15 is 0 Å². The number of alkyl halides is 3. The van der Waals surface area contributed by atoms with Crippen LogP contribution < -0.4 is 11.2 Å². The lowest BCUT2D eigenvalue weighted by Gasteiger charge is -2.14. The molecule has 0 saturated heterocycles. The third kappa shape index (κ3) is 5.03. The molecule has 0 N–H and O–H groups in total. The summed E-state index contributed by atoms with van der Waals surface area (Å²) in [5.41, 5.74) is -3.26. The average molecular weight is 541 g/mol. The lowest BCUT2D eigenvalue weighted by atomic mass is 10.1. The van der Waals surface area contributed by atoms with Gasteiger partial charge in [-0.05, 0) is 23.8 Å². The van der Waals surface area contributed by atoms with E-state index in [1.807, 2.05) is 0 Å². The number of aromatic nitrogens is 4. The highest BCUT2D eigenvalue weighted by Crippen LogP contribution is 2.33. The molecular formula is C25H18F3N5O6. The molecule has 14 heteroatoms. The predicted molar refractivity (Wildman–Crippen MR) is 129 cm³/mol. The fraction of sp³-hybridized carbons (Fsp3) is 0.160. The highest BCUT2D eigenvalue weighted by Gasteiger charge is 2.33. The Morgan fingerprint density at radius 1 is 0.923 bits per heavy atom. The summed E-state index contributed by atoms with van der Waals surface area (Å²) in [5, 5.41) is 16.2. The van der Waals surface area contributed by atoms with Gasteiger partial charge in [-0.3, -0.25) is 24.2 Å². The molecular weight excluding hydrogens is 523 g/mol. The number of hydrogen-bond donors (Lipinski definition) is 0. The lowest BCUT2D eigenvalue weighted by molar-refractivity contribution is -0.386.